The Bertz CT molecular complexity index is 661. The smallest absolute Gasteiger partial charge is 0.339 e. The molecule has 1 N–H and O–H groups in total. The molecule has 1 aromatic carbocycles. The third-order valence-corrected chi connectivity index (χ3v) is 3.78. The SMILES string of the molecule is O=C(O)c1cc(F)cnc1N1CCc2ccccc2CC1. The zero-order valence-electron chi connectivity index (χ0n) is 11.4. The number of carbonyl (C=O) groups is 1. The van der Waals surface area contributed by atoms with E-state index in [1.54, 1.807) is 0 Å². The number of nitrogens with zero attached hydrogens (tertiary/aromatic N) is 2. The number of hydrogen-bond acceptors (Lipinski definition) is 3. The molecule has 1 aromatic heterocycles. The van der Waals surface area contributed by atoms with Crippen LogP contribution in [0.5, 0.6) is 0 Å². The first-order valence-corrected chi connectivity index (χ1v) is 6.86. The fourth-order valence-corrected chi connectivity index (χ4v) is 2.72. The van der Waals surface area contributed by atoms with Crippen LogP contribution in [0.15, 0.2) is 36.5 Å². The van der Waals surface area contributed by atoms with E-state index in [1.165, 1.54) is 11.1 Å². The van der Waals surface area contributed by atoms with E-state index in [2.05, 4.69) is 17.1 Å². The maximum atomic E-state index is 13.2. The summed E-state index contributed by atoms with van der Waals surface area (Å²) in [5, 5.41) is 9.23. The largest absolute Gasteiger partial charge is 0.478 e. The van der Waals surface area contributed by atoms with Crippen LogP contribution in [0, 0.1) is 5.82 Å². The lowest BCUT2D eigenvalue weighted by Crippen LogP contribution is -2.29. The maximum absolute atomic E-state index is 13.2. The van der Waals surface area contributed by atoms with Crippen molar-refractivity contribution < 1.29 is 14.3 Å². The Hall–Kier alpha value is -2.43. The predicted molar refractivity (Wildman–Crippen MR) is 77.2 cm³/mol. The molecule has 1 aliphatic rings. The van der Waals surface area contributed by atoms with Gasteiger partial charge in [0.2, 0.25) is 0 Å². The van der Waals surface area contributed by atoms with Crippen LogP contribution in [0.25, 0.3) is 0 Å². The predicted octanol–water partition coefficient (Wildman–Crippen LogP) is 2.52. The number of carboxylic acid groups (broad SMARTS) is 1. The van der Waals surface area contributed by atoms with Crippen LogP contribution in [0.3, 0.4) is 0 Å². The number of rotatable bonds is 2. The van der Waals surface area contributed by atoms with Gasteiger partial charge in [-0.25, -0.2) is 14.2 Å². The van der Waals surface area contributed by atoms with Gasteiger partial charge in [-0.3, -0.25) is 0 Å². The van der Waals surface area contributed by atoms with Crippen LogP contribution in [0.2, 0.25) is 0 Å². The van der Waals surface area contributed by atoms with Crippen molar-refractivity contribution >= 4 is 11.8 Å². The minimum atomic E-state index is -1.15. The summed E-state index contributed by atoms with van der Waals surface area (Å²) in [6, 6.07) is 9.23. The number of hydrogen-bond donors (Lipinski definition) is 1. The van der Waals surface area contributed by atoms with Crippen molar-refractivity contribution in [2.45, 2.75) is 12.8 Å². The fraction of sp³-hybridized carbons (Fsp3) is 0.250. The van der Waals surface area contributed by atoms with Crippen molar-refractivity contribution in [2.75, 3.05) is 18.0 Å². The summed E-state index contributed by atoms with van der Waals surface area (Å²) in [5.74, 6) is -1.44. The second kappa shape index (κ2) is 5.52. The number of aromatic carboxylic acids is 1. The van der Waals surface area contributed by atoms with Gasteiger partial charge in [-0.1, -0.05) is 24.3 Å². The van der Waals surface area contributed by atoms with Gasteiger partial charge >= 0.3 is 5.97 Å². The number of pyridine rings is 1. The van der Waals surface area contributed by atoms with Gasteiger partial charge in [-0.05, 0) is 30.0 Å². The van der Waals surface area contributed by atoms with Gasteiger partial charge in [-0.2, -0.15) is 0 Å². The molecule has 21 heavy (non-hydrogen) atoms. The molecule has 108 valence electrons. The van der Waals surface area contributed by atoms with Crippen molar-refractivity contribution in [1.82, 2.24) is 4.98 Å². The Morgan fingerprint density at radius 3 is 2.38 bits per heavy atom. The van der Waals surface area contributed by atoms with Crippen molar-refractivity contribution in [3.05, 3.63) is 59.0 Å². The highest BCUT2D eigenvalue weighted by molar-refractivity contribution is 5.93. The lowest BCUT2D eigenvalue weighted by atomic mass is 10.0. The summed E-state index contributed by atoms with van der Waals surface area (Å²) in [4.78, 5) is 17.2. The first-order valence-electron chi connectivity index (χ1n) is 6.86. The van der Waals surface area contributed by atoms with Crippen molar-refractivity contribution in [3.8, 4) is 0 Å². The molecule has 0 atom stereocenters. The van der Waals surface area contributed by atoms with Crippen molar-refractivity contribution in [1.29, 1.82) is 0 Å². The van der Waals surface area contributed by atoms with E-state index in [9.17, 15) is 14.3 Å². The Kier molecular flexibility index (Phi) is 3.56. The summed E-state index contributed by atoms with van der Waals surface area (Å²) in [7, 11) is 0. The maximum Gasteiger partial charge on any atom is 0.339 e. The average molecular weight is 286 g/mol. The average Bonchev–Trinajstić information content (AvgIpc) is 2.70. The van der Waals surface area contributed by atoms with Crippen molar-refractivity contribution in [3.63, 3.8) is 0 Å². The minimum absolute atomic E-state index is 0.0824. The molecule has 2 heterocycles. The number of aromatic nitrogens is 1. The number of carboxylic acids is 1. The van der Waals surface area contributed by atoms with E-state index in [4.69, 9.17) is 0 Å². The molecule has 0 radical (unpaired) electrons. The molecule has 0 bridgehead atoms. The number of anilines is 1. The molecule has 0 unspecified atom stereocenters. The zero-order valence-corrected chi connectivity index (χ0v) is 11.4. The molecule has 0 amide bonds. The van der Waals surface area contributed by atoms with Gasteiger partial charge in [0.1, 0.15) is 17.2 Å². The van der Waals surface area contributed by atoms with Gasteiger partial charge < -0.3 is 10.0 Å². The summed E-state index contributed by atoms with van der Waals surface area (Å²) >= 11 is 0. The van der Waals surface area contributed by atoms with Crippen LogP contribution >= 0.6 is 0 Å². The molecule has 3 rings (SSSR count). The summed E-state index contributed by atoms with van der Waals surface area (Å²) < 4.78 is 13.2. The molecule has 2 aromatic rings. The quantitative estimate of drug-likeness (QED) is 0.921. The zero-order chi connectivity index (χ0) is 14.8. The van der Waals surface area contributed by atoms with E-state index in [-0.39, 0.29) is 5.56 Å². The number of benzene rings is 1. The van der Waals surface area contributed by atoms with E-state index >= 15 is 0 Å². The summed E-state index contributed by atoms with van der Waals surface area (Å²) in [6.07, 6.45) is 2.72. The molecule has 4 nitrogen and oxygen atoms in total. The van der Waals surface area contributed by atoms with Crippen LogP contribution in [0.1, 0.15) is 21.5 Å². The van der Waals surface area contributed by atoms with E-state index in [0.717, 1.165) is 25.1 Å². The Balaban J connectivity index is 1.91. The van der Waals surface area contributed by atoms with Gasteiger partial charge in [0.05, 0.1) is 6.20 Å². The number of fused-ring (bicyclic) bond motifs is 1. The molecule has 0 spiro atoms. The lowest BCUT2D eigenvalue weighted by molar-refractivity contribution is 0.0696. The Labute approximate surface area is 121 Å². The van der Waals surface area contributed by atoms with E-state index in [1.807, 2.05) is 17.0 Å². The minimum Gasteiger partial charge on any atom is -0.478 e. The van der Waals surface area contributed by atoms with Crippen LogP contribution < -0.4 is 4.90 Å². The van der Waals surface area contributed by atoms with E-state index in [0.29, 0.717) is 18.9 Å². The standard InChI is InChI=1S/C16H15FN2O2/c17-13-9-14(16(20)21)15(18-10-13)19-7-5-11-3-1-2-4-12(11)6-8-19/h1-4,9-10H,5-8H2,(H,20,21). The molecule has 0 fully saturated rings. The monoisotopic (exact) mass is 286 g/mol. The Morgan fingerprint density at radius 2 is 1.81 bits per heavy atom. The first-order chi connectivity index (χ1) is 10.1. The molecule has 0 saturated heterocycles. The van der Waals surface area contributed by atoms with Gasteiger partial charge in [-0.15, -0.1) is 0 Å². The molecule has 0 saturated carbocycles. The summed E-state index contributed by atoms with van der Waals surface area (Å²) in [5.41, 5.74) is 2.47. The second-order valence-electron chi connectivity index (χ2n) is 5.09. The van der Waals surface area contributed by atoms with Crippen LogP contribution in [-0.2, 0) is 12.8 Å². The number of halogens is 1. The van der Waals surface area contributed by atoms with Crippen LogP contribution in [-0.4, -0.2) is 29.1 Å². The lowest BCUT2D eigenvalue weighted by Gasteiger charge is -2.22. The highest BCUT2D eigenvalue weighted by atomic mass is 19.1. The van der Waals surface area contributed by atoms with Crippen molar-refractivity contribution in [2.24, 2.45) is 0 Å². The van der Waals surface area contributed by atoms with Gasteiger partial charge in [0.25, 0.3) is 0 Å². The highest BCUT2D eigenvalue weighted by Crippen LogP contribution is 2.23. The molecule has 5 heteroatoms. The van der Waals surface area contributed by atoms with E-state index < -0.39 is 11.8 Å². The molecular formula is C16H15FN2O2. The van der Waals surface area contributed by atoms with Gasteiger partial charge in [0.15, 0.2) is 0 Å². The Morgan fingerprint density at radius 1 is 1.19 bits per heavy atom. The molecular weight excluding hydrogens is 271 g/mol. The summed E-state index contributed by atoms with van der Waals surface area (Å²) in [6.45, 7) is 1.35. The first kappa shape index (κ1) is 13.5. The van der Waals surface area contributed by atoms with Crippen LogP contribution in [0.4, 0.5) is 10.2 Å². The topological polar surface area (TPSA) is 53.4 Å². The molecule has 1 aliphatic heterocycles. The third kappa shape index (κ3) is 2.72. The fourth-order valence-electron chi connectivity index (χ4n) is 2.72. The highest BCUT2D eigenvalue weighted by Gasteiger charge is 2.21. The normalized spacial score (nSPS) is 14.4. The second-order valence-corrected chi connectivity index (χ2v) is 5.09. The molecule has 0 aliphatic carbocycles. The van der Waals surface area contributed by atoms with Gasteiger partial charge in [0, 0.05) is 13.1 Å². The third-order valence-electron chi connectivity index (χ3n) is 3.78.